The highest BCUT2D eigenvalue weighted by atomic mass is 32.1. The number of nitrogens with zero attached hydrogens (tertiary/aromatic N) is 1. The highest BCUT2D eigenvalue weighted by Gasteiger charge is 2.13. The Morgan fingerprint density at radius 3 is 3.00 bits per heavy atom. The van der Waals surface area contributed by atoms with Crippen molar-refractivity contribution in [3.8, 4) is 0 Å². The molecule has 4 nitrogen and oxygen atoms in total. The molecule has 0 spiro atoms. The molecule has 5 heteroatoms. The molecule has 0 bridgehead atoms. The minimum Gasteiger partial charge on any atom is -0.469 e. The van der Waals surface area contributed by atoms with E-state index in [2.05, 4.69) is 9.11 Å². The van der Waals surface area contributed by atoms with Gasteiger partial charge >= 0.3 is 5.97 Å². The molecule has 1 rings (SSSR count). The number of aromatic nitrogens is 1. The molecule has 1 aromatic heterocycles. The normalized spacial score (nSPS) is 12.5. The number of rotatable bonds is 3. The van der Waals surface area contributed by atoms with Crippen LogP contribution < -0.4 is 5.73 Å². The summed E-state index contributed by atoms with van der Waals surface area (Å²) in [5.41, 5.74) is 6.69. The molecule has 0 fully saturated rings. The minimum absolute atomic E-state index is 0.206. The molecule has 0 aliphatic rings. The van der Waals surface area contributed by atoms with Gasteiger partial charge in [-0.2, -0.15) is 4.37 Å². The van der Waals surface area contributed by atoms with Crippen molar-refractivity contribution in [1.29, 1.82) is 0 Å². The van der Waals surface area contributed by atoms with Crippen molar-refractivity contribution in [3.05, 3.63) is 16.6 Å². The number of carbonyl (C=O) groups excluding carboxylic acids is 1. The van der Waals surface area contributed by atoms with Crippen molar-refractivity contribution in [2.45, 2.75) is 19.4 Å². The summed E-state index contributed by atoms with van der Waals surface area (Å²) in [4.78, 5) is 11.8. The first-order valence-corrected chi connectivity index (χ1v) is 4.66. The lowest BCUT2D eigenvalue weighted by atomic mass is 10.2. The van der Waals surface area contributed by atoms with Crippen molar-refractivity contribution in [1.82, 2.24) is 4.37 Å². The van der Waals surface area contributed by atoms with E-state index in [1.165, 1.54) is 18.6 Å². The van der Waals surface area contributed by atoms with E-state index in [-0.39, 0.29) is 18.4 Å². The van der Waals surface area contributed by atoms with Gasteiger partial charge in [0.2, 0.25) is 0 Å². The SMILES string of the molecule is COC(=O)CC(N)c1cc(C)ns1. The van der Waals surface area contributed by atoms with Crippen molar-refractivity contribution < 1.29 is 9.53 Å². The van der Waals surface area contributed by atoms with E-state index < -0.39 is 0 Å². The highest BCUT2D eigenvalue weighted by molar-refractivity contribution is 7.05. The van der Waals surface area contributed by atoms with Crippen LogP contribution in [0, 0.1) is 6.92 Å². The Bertz CT molecular complexity index is 298. The van der Waals surface area contributed by atoms with E-state index in [1.54, 1.807) is 0 Å². The molecule has 0 saturated heterocycles. The van der Waals surface area contributed by atoms with Crippen LogP contribution in [0.1, 0.15) is 23.0 Å². The molecule has 0 amide bonds. The molecule has 0 radical (unpaired) electrons. The maximum absolute atomic E-state index is 10.9. The Morgan fingerprint density at radius 1 is 1.85 bits per heavy atom. The smallest absolute Gasteiger partial charge is 0.307 e. The van der Waals surface area contributed by atoms with Crippen LogP contribution in [0.4, 0.5) is 0 Å². The molecule has 13 heavy (non-hydrogen) atoms. The number of methoxy groups -OCH3 is 1. The fourth-order valence-corrected chi connectivity index (χ4v) is 1.67. The van der Waals surface area contributed by atoms with Crippen molar-refractivity contribution in [3.63, 3.8) is 0 Å². The van der Waals surface area contributed by atoms with E-state index in [9.17, 15) is 4.79 Å². The summed E-state index contributed by atoms with van der Waals surface area (Å²) in [7, 11) is 1.35. The van der Waals surface area contributed by atoms with Crippen LogP contribution in [0.5, 0.6) is 0 Å². The lowest BCUT2D eigenvalue weighted by Gasteiger charge is -2.05. The summed E-state index contributed by atoms with van der Waals surface area (Å²) in [6.45, 7) is 1.89. The maximum Gasteiger partial charge on any atom is 0.307 e. The number of aryl methyl sites for hydroxylation is 1. The first kappa shape index (κ1) is 10.1. The standard InChI is InChI=1S/C8H12N2O2S/c1-5-3-7(13-10-5)6(9)4-8(11)12-2/h3,6H,4,9H2,1-2H3. The first-order valence-electron chi connectivity index (χ1n) is 3.89. The van der Waals surface area contributed by atoms with Crippen LogP contribution in [0.3, 0.4) is 0 Å². The van der Waals surface area contributed by atoms with Crippen LogP contribution in [-0.4, -0.2) is 17.5 Å². The predicted molar refractivity (Wildman–Crippen MR) is 50.4 cm³/mol. The van der Waals surface area contributed by atoms with Crippen LogP contribution in [0.25, 0.3) is 0 Å². The van der Waals surface area contributed by atoms with E-state index in [0.29, 0.717) is 0 Å². The van der Waals surface area contributed by atoms with Gasteiger partial charge in [-0.25, -0.2) is 0 Å². The summed E-state index contributed by atoms with van der Waals surface area (Å²) in [5, 5.41) is 0. The molecule has 0 aliphatic heterocycles. The molecular weight excluding hydrogens is 188 g/mol. The van der Waals surface area contributed by atoms with Crippen LogP contribution in [0.15, 0.2) is 6.07 Å². The zero-order valence-corrected chi connectivity index (χ0v) is 8.43. The van der Waals surface area contributed by atoms with Gasteiger partial charge in [0.25, 0.3) is 0 Å². The Kier molecular flexibility index (Phi) is 3.39. The Hall–Kier alpha value is -0.940. The molecule has 0 aromatic carbocycles. The van der Waals surface area contributed by atoms with E-state index in [0.717, 1.165) is 10.6 Å². The Balaban J connectivity index is 2.58. The monoisotopic (exact) mass is 200 g/mol. The fourth-order valence-electron chi connectivity index (χ4n) is 0.922. The molecule has 2 N–H and O–H groups in total. The van der Waals surface area contributed by atoms with Gasteiger partial charge in [0.05, 0.1) is 25.3 Å². The van der Waals surface area contributed by atoms with E-state index >= 15 is 0 Å². The average molecular weight is 200 g/mol. The molecule has 1 heterocycles. The largest absolute Gasteiger partial charge is 0.469 e. The molecule has 72 valence electrons. The Labute approximate surface area is 80.9 Å². The molecule has 1 atom stereocenters. The first-order chi connectivity index (χ1) is 6.13. The number of hydrogen-bond donors (Lipinski definition) is 1. The lowest BCUT2D eigenvalue weighted by molar-refractivity contribution is -0.141. The molecule has 0 aliphatic carbocycles. The molecule has 1 unspecified atom stereocenters. The van der Waals surface area contributed by atoms with Crippen LogP contribution >= 0.6 is 11.5 Å². The summed E-state index contributed by atoms with van der Waals surface area (Å²) in [6, 6.07) is 1.59. The minimum atomic E-state index is -0.293. The highest BCUT2D eigenvalue weighted by Crippen LogP contribution is 2.19. The van der Waals surface area contributed by atoms with Crippen molar-refractivity contribution in [2.75, 3.05) is 7.11 Å². The van der Waals surface area contributed by atoms with Crippen LogP contribution in [0.2, 0.25) is 0 Å². The van der Waals surface area contributed by atoms with Gasteiger partial charge in [0, 0.05) is 4.88 Å². The van der Waals surface area contributed by atoms with Crippen LogP contribution in [-0.2, 0) is 9.53 Å². The van der Waals surface area contributed by atoms with Crippen molar-refractivity contribution in [2.24, 2.45) is 5.73 Å². The van der Waals surface area contributed by atoms with Gasteiger partial charge in [0.15, 0.2) is 0 Å². The number of carbonyl (C=O) groups is 1. The predicted octanol–water partition coefficient (Wildman–Crippen LogP) is 1.01. The second-order valence-corrected chi connectivity index (χ2v) is 3.59. The van der Waals surface area contributed by atoms with Gasteiger partial charge in [-0.1, -0.05) is 0 Å². The third-order valence-electron chi connectivity index (χ3n) is 1.63. The average Bonchev–Trinajstić information content (AvgIpc) is 2.51. The Morgan fingerprint density at radius 2 is 2.54 bits per heavy atom. The number of ether oxygens (including phenoxy) is 1. The summed E-state index contributed by atoms with van der Waals surface area (Å²) in [6.07, 6.45) is 0.206. The van der Waals surface area contributed by atoms with E-state index in [4.69, 9.17) is 5.73 Å². The summed E-state index contributed by atoms with van der Waals surface area (Å²) in [5.74, 6) is -0.293. The van der Waals surface area contributed by atoms with Gasteiger partial charge < -0.3 is 10.5 Å². The molecule has 0 saturated carbocycles. The third kappa shape index (κ3) is 2.78. The lowest BCUT2D eigenvalue weighted by Crippen LogP contribution is -2.15. The number of nitrogens with two attached hydrogens (primary N) is 1. The fraction of sp³-hybridized carbons (Fsp3) is 0.500. The second-order valence-electron chi connectivity index (χ2n) is 2.76. The number of esters is 1. The number of hydrogen-bond acceptors (Lipinski definition) is 5. The van der Waals surface area contributed by atoms with Gasteiger partial charge in [-0.15, -0.1) is 0 Å². The zero-order valence-electron chi connectivity index (χ0n) is 7.61. The van der Waals surface area contributed by atoms with Gasteiger partial charge in [-0.05, 0) is 24.5 Å². The third-order valence-corrected chi connectivity index (χ3v) is 2.64. The maximum atomic E-state index is 10.9. The molecule has 1 aromatic rings. The zero-order chi connectivity index (χ0) is 9.84. The second kappa shape index (κ2) is 4.34. The van der Waals surface area contributed by atoms with Gasteiger partial charge in [0.1, 0.15) is 0 Å². The van der Waals surface area contributed by atoms with Gasteiger partial charge in [-0.3, -0.25) is 4.79 Å². The summed E-state index contributed by atoms with van der Waals surface area (Å²) >= 11 is 1.33. The van der Waals surface area contributed by atoms with Crippen molar-refractivity contribution >= 4 is 17.5 Å². The summed E-state index contributed by atoms with van der Waals surface area (Å²) < 4.78 is 8.59. The van der Waals surface area contributed by atoms with E-state index in [1.807, 2.05) is 13.0 Å². The quantitative estimate of drug-likeness (QED) is 0.740. The molecular formula is C8H12N2O2S. The topological polar surface area (TPSA) is 65.2 Å².